The van der Waals surface area contributed by atoms with E-state index in [-0.39, 0.29) is 11.4 Å². The van der Waals surface area contributed by atoms with Crippen molar-refractivity contribution in [3.05, 3.63) is 65.9 Å². The average molecular weight is 807 g/mol. The Morgan fingerprint density at radius 2 is 1.98 bits per heavy atom. The van der Waals surface area contributed by atoms with Crippen molar-refractivity contribution in [2.45, 2.75) is 39.1 Å². The van der Waals surface area contributed by atoms with E-state index in [1.807, 2.05) is 65.4 Å². The molecule has 1 aromatic carbocycles. The number of nitriles is 1. The zero-order chi connectivity index (χ0) is 30.4. The summed E-state index contributed by atoms with van der Waals surface area (Å²) in [6, 6.07) is 10.1. The van der Waals surface area contributed by atoms with E-state index < -0.39 is 1.68 Å². The lowest BCUT2D eigenvalue weighted by molar-refractivity contribution is -0.0158. The Labute approximate surface area is 276 Å². The average Bonchev–Trinajstić information content (AvgIpc) is 3.64. The van der Waals surface area contributed by atoms with Crippen LogP contribution in [-0.2, 0) is 13.8 Å². The Bertz CT molecular complexity index is 1670. The lowest BCUT2D eigenvalue weighted by Gasteiger charge is -2.52. The highest BCUT2D eigenvalue weighted by atomic mass is 127. The van der Waals surface area contributed by atoms with Crippen LogP contribution >= 0.6 is 45.2 Å². The van der Waals surface area contributed by atoms with Crippen molar-refractivity contribution < 1.29 is 9.18 Å². The highest BCUT2D eigenvalue weighted by molar-refractivity contribution is 14.2. The molecule has 13 heteroatoms. The fourth-order valence-corrected chi connectivity index (χ4v) is 6.97. The van der Waals surface area contributed by atoms with Crippen molar-refractivity contribution >= 4 is 62.1 Å². The van der Waals surface area contributed by atoms with Crippen molar-refractivity contribution in [1.82, 2.24) is 39.4 Å². The molecule has 0 atom stereocenters. The van der Waals surface area contributed by atoms with E-state index in [1.165, 1.54) is 0 Å². The smallest absolute Gasteiger partial charge is 0.253 e. The van der Waals surface area contributed by atoms with E-state index in [9.17, 15) is 14.4 Å². The van der Waals surface area contributed by atoms with Gasteiger partial charge in [0.15, 0.2) is 0 Å². The molecule has 0 unspecified atom stereocenters. The molecule has 0 spiro atoms. The number of hydrogen-bond acceptors (Lipinski definition) is 7. The standard InChI is InChI=1S/C30H32FI2N9O/c1-39(2)17-20-11-21(13-23(12-20)30(31,32)33)28(43)41-9-7-40(8-10-41)24-14-29(15-24,4-5-34)42-18-22(16-38-42)26-25-3-6-35-27(25)37-19-36-26/h3,6,11-13,16,18-19,24H,4,7-10,14-15,17H2,1-2H3,(H,35,36,37). The molecule has 0 bridgehead atoms. The zero-order valence-corrected chi connectivity index (χ0v) is 28.3. The molecule has 4 heterocycles. The van der Waals surface area contributed by atoms with Crippen LogP contribution in [-0.4, -0.2) is 91.7 Å². The Balaban J connectivity index is 1.12. The topological polar surface area (TPSA) is 110 Å². The van der Waals surface area contributed by atoms with E-state index in [0.29, 0.717) is 43.2 Å². The van der Waals surface area contributed by atoms with Crippen LogP contribution in [0.2, 0.25) is 0 Å². The molecule has 1 saturated carbocycles. The number of H-pyrrole nitrogens is 1. The van der Waals surface area contributed by atoms with Gasteiger partial charge in [-0.05, 0) is 102 Å². The van der Waals surface area contributed by atoms with Crippen LogP contribution in [0, 0.1) is 11.3 Å². The van der Waals surface area contributed by atoms with E-state index >= 15 is 0 Å². The molecule has 1 amide bonds. The second-order valence-corrected chi connectivity index (χ2v) is 16.8. The molecule has 1 aliphatic carbocycles. The molecule has 224 valence electrons. The summed E-state index contributed by atoms with van der Waals surface area (Å²) in [5.41, 5.74) is 4.07. The number of amides is 1. The first-order chi connectivity index (χ1) is 20.6. The van der Waals surface area contributed by atoms with E-state index in [4.69, 9.17) is 0 Å². The maximum absolute atomic E-state index is 14.9. The Morgan fingerprint density at radius 3 is 2.67 bits per heavy atom. The van der Waals surface area contributed by atoms with Gasteiger partial charge in [-0.1, -0.05) is 0 Å². The van der Waals surface area contributed by atoms with E-state index in [2.05, 4.69) is 31.0 Å². The third kappa shape index (κ3) is 6.16. The maximum Gasteiger partial charge on any atom is 0.253 e. The summed E-state index contributed by atoms with van der Waals surface area (Å²) in [7, 11) is 3.92. The minimum Gasteiger partial charge on any atom is -0.346 e. The van der Waals surface area contributed by atoms with Gasteiger partial charge in [-0.15, -0.1) is 0 Å². The summed E-state index contributed by atoms with van der Waals surface area (Å²) >= 11 is 3.54. The third-order valence-electron chi connectivity index (χ3n) is 8.52. The number of rotatable bonds is 8. The van der Waals surface area contributed by atoms with Gasteiger partial charge in [0.05, 0.1) is 29.9 Å². The number of aromatic nitrogens is 5. The number of carbonyl (C=O) groups excluding carboxylic acids is 1. The van der Waals surface area contributed by atoms with Crippen molar-refractivity contribution in [2.75, 3.05) is 40.3 Å². The first-order valence-corrected chi connectivity index (χ1v) is 16.3. The van der Waals surface area contributed by atoms with Crippen LogP contribution in [0.15, 0.2) is 49.2 Å². The molecular formula is C30H32FI2N9O. The highest BCUT2D eigenvalue weighted by Crippen LogP contribution is 2.45. The number of nitrogens with one attached hydrogen (secondary N) is 1. The van der Waals surface area contributed by atoms with Crippen molar-refractivity contribution in [3.63, 3.8) is 0 Å². The fourth-order valence-electron chi connectivity index (χ4n) is 6.35. The molecule has 6 rings (SSSR count). The number of hydrogen-bond donors (Lipinski definition) is 1. The molecule has 4 aromatic rings. The summed E-state index contributed by atoms with van der Waals surface area (Å²) in [5, 5.41) is 15.3. The van der Waals surface area contributed by atoms with Crippen LogP contribution in [0.25, 0.3) is 22.3 Å². The lowest BCUT2D eigenvalue weighted by atomic mass is 9.70. The van der Waals surface area contributed by atoms with Crippen LogP contribution in [0.1, 0.15) is 40.7 Å². The Kier molecular flexibility index (Phi) is 8.48. The van der Waals surface area contributed by atoms with Crippen LogP contribution in [0.3, 0.4) is 0 Å². The molecule has 2 fully saturated rings. The summed E-state index contributed by atoms with van der Waals surface area (Å²) in [5.74, 6) is -0.0590. The molecule has 43 heavy (non-hydrogen) atoms. The Morgan fingerprint density at radius 1 is 1.21 bits per heavy atom. The van der Waals surface area contributed by atoms with Crippen molar-refractivity contribution in [1.29, 1.82) is 5.26 Å². The third-order valence-corrected chi connectivity index (χ3v) is 9.76. The van der Waals surface area contributed by atoms with Crippen LogP contribution in [0.4, 0.5) is 4.39 Å². The van der Waals surface area contributed by atoms with Gasteiger partial charge in [-0.25, -0.2) is 14.4 Å². The second-order valence-electron chi connectivity index (χ2n) is 11.7. The molecule has 1 N–H and O–H groups in total. The first-order valence-electron chi connectivity index (χ1n) is 14.2. The lowest BCUT2D eigenvalue weighted by Crippen LogP contribution is -2.60. The fraction of sp³-hybridized carbons (Fsp3) is 0.433. The number of aromatic amines is 1. The van der Waals surface area contributed by atoms with Crippen molar-refractivity contribution in [2.24, 2.45) is 0 Å². The predicted molar refractivity (Wildman–Crippen MR) is 178 cm³/mol. The number of carbonyl (C=O) groups is 1. The number of piperazine rings is 1. The maximum atomic E-state index is 14.9. The minimum absolute atomic E-state index is 0.0590. The second kappa shape index (κ2) is 12.0. The molecule has 10 nitrogen and oxygen atoms in total. The first kappa shape index (κ1) is 30.4. The molecule has 1 saturated heterocycles. The quantitative estimate of drug-likeness (QED) is 0.196. The number of fused-ring (bicyclic) bond motifs is 1. The zero-order valence-electron chi connectivity index (χ0n) is 24.0. The summed E-state index contributed by atoms with van der Waals surface area (Å²) in [6.45, 7) is 3.35. The highest BCUT2D eigenvalue weighted by Gasteiger charge is 2.49. The van der Waals surface area contributed by atoms with Gasteiger partial charge in [0.25, 0.3) is 5.91 Å². The van der Waals surface area contributed by atoms with Gasteiger partial charge in [-0.3, -0.25) is 14.4 Å². The molecule has 0 radical (unpaired) electrons. The number of halogens is 3. The largest absolute Gasteiger partial charge is 0.346 e. The summed E-state index contributed by atoms with van der Waals surface area (Å²) < 4.78 is 15.2. The van der Waals surface area contributed by atoms with Gasteiger partial charge in [-0.2, -0.15) is 10.4 Å². The normalized spacial score (nSPS) is 21.2. The number of benzene rings is 1. The molecule has 3 aromatic heterocycles. The van der Waals surface area contributed by atoms with Crippen molar-refractivity contribution in [3.8, 4) is 17.3 Å². The van der Waals surface area contributed by atoms with Gasteiger partial charge < -0.3 is 14.8 Å². The SMILES string of the molecule is CN(C)Cc1cc(C(=O)N2CCN(C3CC(CC#N)(n4cc(-c5ncnc6[nH]ccc56)cn4)C3)CC2)cc(C(F)(I)I)c1. The van der Waals surface area contributed by atoms with E-state index in [1.54, 1.807) is 57.6 Å². The summed E-state index contributed by atoms with van der Waals surface area (Å²) in [4.78, 5) is 31.7. The van der Waals surface area contributed by atoms with Gasteiger partial charge >= 0.3 is 0 Å². The summed E-state index contributed by atoms with van der Waals surface area (Å²) in [6.07, 6.45) is 9.21. The predicted octanol–water partition coefficient (Wildman–Crippen LogP) is 5.06. The molecular weight excluding hydrogens is 775 g/mol. The number of nitrogens with zero attached hydrogens (tertiary/aromatic N) is 8. The monoisotopic (exact) mass is 807 g/mol. The van der Waals surface area contributed by atoms with E-state index in [0.717, 1.165) is 53.8 Å². The Hall–Kier alpha value is -2.68. The number of alkyl halides is 3. The minimum atomic E-state index is -1.59. The van der Waals surface area contributed by atoms with Gasteiger partial charge in [0.2, 0.25) is 1.68 Å². The molecule has 1 aliphatic heterocycles. The van der Waals surface area contributed by atoms with Crippen LogP contribution in [0.5, 0.6) is 0 Å². The molecule has 2 aliphatic rings. The van der Waals surface area contributed by atoms with Crippen LogP contribution < -0.4 is 0 Å². The van der Waals surface area contributed by atoms with Gasteiger partial charge in [0.1, 0.15) is 12.0 Å². The van der Waals surface area contributed by atoms with Gasteiger partial charge in [0, 0.05) is 73.2 Å².